The van der Waals surface area contributed by atoms with Crippen molar-refractivity contribution in [3.63, 3.8) is 0 Å². The summed E-state index contributed by atoms with van der Waals surface area (Å²) >= 11 is 0. The van der Waals surface area contributed by atoms with Crippen LogP contribution in [0.3, 0.4) is 0 Å². The largest absolute Gasteiger partial charge is 0.497 e. The minimum Gasteiger partial charge on any atom is -0.497 e. The van der Waals surface area contributed by atoms with Gasteiger partial charge in [0.15, 0.2) is 0 Å². The highest BCUT2D eigenvalue weighted by molar-refractivity contribution is 6.07. The number of carbonyl (C=O) groups excluding carboxylic acids is 1. The number of benzene rings is 2. The zero-order chi connectivity index (χ0) is 15.7. The van der Waals surface area contributed by atoms with Crippen LogP contribution < -0.4 is 10.1 Å². The van der Waals surface area contributed by atoms with Crippen molar-refractivity contribution < 1.29 is 13.9 Å². The number of fused-ring (bicyclic) bond motifs is 1. The van der Waals surface area contributed by atoms with Crippen molar-refractivity contribution >= 4 is 22.5 Å². The minimum absolute atomic E-state index is 0.265. The molecule has 0 saturated carbocycles. The van der Waals surface area contributed by atoms with E-state index in [1.165, 1.54) is 24.3 Å². The van der Waals surface area contributed by atoms with Crippen LogP contribution in [0.1, 0.15) is 16.1 Å². The highest BCUT2D eigenvalue weighted by Crippen LogP contribution is 2.26. The zero-order valence-corrected chi connectivity index (χ0v) is 12.2. The predicted molar refractivity (Wildman–Crippen MR) is 83.9 cm³/mol. The number of rotatable bonds is 3. The molecule has 0 radical (unpaired) electrons. The van der Waals surface area contributed by atoms with E-state index < -0.39 is 0 Å². The molecule has 1 aromatic heterocycles. The van der Waals surface area contributed by atoms with E-state index in [4.69, 9.17) is 4.74 Å². The first-order valence-corrected chi connectivity index (χ1v) is 6.81. The third kappa shape index (κ3) is 2.53. The van der Waals surface area contributed by atoms with E-state index in [0.717, 1.165) is 22.2 Å². The van der Waals surface area contributed by atoms with Gasteiger partial charge in [0.05, 0.1) is 7.11 Å². The first kappa shape index (κ1) is 14.1. The summed E-state index contributed by atoms with van der Waals surface area (Å²) in [6.07, 6.45) is 0. The maximum Gasteiger partial charge on any atom is 0.272 e. The quantitative estimate of drug-likeness (QED) is 0.771. The lowest BCUT2D eigenvalue weighted by atomic mass is 10.1. The number of anilines is 1. The number of H-pyrrole nitrogens is 1. The smallest absolute Gasteiger partial charge is 0.272 e. The molecule has 3 aromatic rings. The van der Waals surface area contributed by atoms with Crippen LogP contribution in [0.5, 0.6) is 5.75 Å². The highest BCUT2D eigenvalue weighted by atomic mass is 19.1. The monoisotopic (exact) mass is 298 g/mol. The molecule has 1 heterocycles. The van der Waals surface area contributed by atoms with Crippen molar-refractivity contribution in [3.05, 3.63) is 59.5 Å². The molecule has 0 aliphatic rings. The Morgan fingerprint density at radius 3 is 2.59 bits per heavy atom. The Hall–Kier alpha value is -2.82. The van der Waals surface area contributed by atoms with Gasteiger partial charge in [0, 0.05) is 16.6 Å². The maximum atomic E-state index is 12.9. The van der Waals surface area contributed by atoms with E-state index in [1.54, 1.807) is 7.11 Å². The van der Waals surface area contributed by atoms with Gasteiger partial charge in [-0.2, -0.15) is 0 Å². The Morgan fingerprint density at radius 1 is 1.18 bits per heavy atom. The van der Waals surface area contributed by atoms with Gasteiger partial charge >= 0.3 is 0 Å². The van der Waals surface area contributed by atoms with Crippen LogP contribution in [0, 0.1) is 12.7 Å². The molecule has 2 aromatic carbocycles. The van der Waals surface area contributed by atoms with Gasteiger partial charge < -0.3 is 15.0 Å². The van der Waals surface area contributed by atoms with Gasteiger partial charge in [-0.15, -0.1) is 0 Å². The predicted octanol–water partition coefficient (Wildman–Crippen LogP) is 3.88. The summed E-state index contributed by atoms with van der Waals surface area (Å²) in [5.74, 6) is 0.131. The number of halogens is 1. The normalized spacial score (nSPS) is 10.7. The molecule has 0 spiro atoms. The summed E-state index contributed by atoms with van der Waals surface area (Å²) in [6, 6.07) is 11.2. The fraction of sp³-hybridized carbons (Fsp3) is 0.118. The maximum absolute atomic E-state index is 12.9. The molecule has 4 nitrogen and oxygen atoms in total. The summed E-state index contributed by atoms with van der Waals surface area (Å²) in [6.45, 7) is 1.87. The van der Waals surface area contributed by atoms with Crippen LogP contribution in [-0.4, -0.2) is 18.0 Å². The van der Waals surface area contributed by atoms with Crippen molar-refractivity contribution in [2.75, 3.05) is 12.4 Å². The van der Waals surface area contributed by atoms with Crippen LogP contribution >= 0.6 is 0 Å². The van der Waals surface area contributed by atoms with E-state index in [0.29, 0.717) is 11.4 Å². The lowest BCUT2D eigenvalue weighted by Crippen LogP contribution is -2.13. The highest BCUT2D eigenvalue weighted by Gasteiger charge is 2.15. The number of carbonyl (C=O) groups is 1. The molecule has 0 saturated heterocycles. The van der Waals surface area contributed by atoms with Crippen LogP contribution in [-0.2, 0) is 0 Å². The third-order valence-corrected chi connectivity index (χ3v) is 3.59. The summed E-state index contributed by atoms with van der Waals surface area (Å²) in [5.41, 5.74) is 2.73. The minimum atomic E-state index is -0.341. The first-order valence-electron chi connectivity index (χ1n) is 6.81. The fourth-order valence-corrected chi connectivity index (χ4v) is 2.39. The molecule has 3 rings (SSSR count). The first-order chi connectivity index (χ1) is 10.6. The lowest BCUT2D eigenvalue weighted by Gasteiger charge is -2.04. The van der Waals surface area contributed by atoms with Crippen LogP contribution in [0.15, 0.2) is 42.5 Å². The van der Waals surface area contributed by atoms with Gasteiger partial charge in [-0.25, -0.2) is 4.39 Å². The number of aryl methyl sites for hydroxylation is 1. The van der Waals surface area contributed by atoms with Crippen molar-refractivity contribution in [2.45, 2.75) is 6.92 Å². The van der Waals surface area contributed by atoms with Gasteiger partial charge in [0.1, 0.15) is 17.3 Å². The van der Waals surface area contributed by atoms with E-state index in [-0.39, 0.29) is 11.7 Å². The molecule has 5 heteroatoms. The Balaban J connectivity index is 1.93. The molecule has 2 N–H and O–H groups in total. The zero-order valence-electron chi connectivity index (χ0n) is 12.2. The number of hydrogen-bond donors (Lipinski definition) is 2. The number of methoxy groups -OCH3 is 1. The van der Waals surface area contributed by atoms with Crippen molar-refractivity contribution in [3.8, 4) is 5.75 Å². The average Bonchev–Trinajstić information content (AvgIpc) is 2.86. The molecule has 22 heavy (non-hydrogen) atoms. The second kappa shape index (κ2) is 5.52. The Bertz CT molecular complexity index is 838. The summed E-state index contributed by atoms with van der Waals surface area (Å²) in [7, 11) is 1.60. The second-order valence-corrected chi connectivity index (χ2v) is 5.00. The van der Waals surface area contributed by atoms with E-state index in [2.05, 4.69) is 10.3 Å². The number of aromatic amines is 1. The number of hydrogen-bond acceptors (Lipinski definition) is 2. The fourth-order valence-electron chi connectivity index (χ4n) is 2.39. The molecule has 0 aliphatic carbocycles. The van der Waals surface area contributed by atoms with Gasteiger partial charge in [-0.1, -0.05) is 0 Å². The van der Waals surface area contributed by atoms with E-state index >= 15 is 0 Å². The summed E-state index contributed by atoms with van der Waals surface area (Å²) in [5, 5.41) is 3.68. The lowest BCUT2D eigenvalue weighted by molar-refractivity contribution is 0.102. The molecular formula is C17H15FN2O2. The molecular weight excluding hydrogens is 283 g/mol. The number of aromatic nitrogens is 1. The van der Waals surface area contributed by atoms with Gasteiger partial charge in [-0.05, 0) is 55.0 Å². The van der Waals surface area contributed by atoms with Crippen molar-refractivity contribution in [2.24, 2.45) is 0 Å². The Labute approximate surface area is 126 Å². The number of amides is 1. The van der Waals surface area contributed by atoms with Crippen LogP contribution in [0.2, 0.25) is 0 Å². The SMILES string of the molecule is COc1ccc2[nH]c(C(=O)Nc3ccc(F)cc3)c(C)c2c1. The second-order valence-electron chi connectivity index (χ2n) is 5.00. The summed E-state index contributed by atoms with van der Waals surface area (Å²) in [4.78, 5) is 15.5. The number of ether oxygens (including phenoxy) is 1. The molecule has 112 valence electrons. The topological polar surface area (TPSA) is 54.1 Å². The molecule has 0 fully saturated rings. The van der Waals surface area contributed by atoms with Gasteiger partial charge in [0.2, 0.25) is 0 Å². The van der Waals surface area contributed by atoms with E-state index in [1.807, 2.05) is 25.1 Å². The third-order valence-electron chi connectivity index (χ3n) is 3.59. The molecule has 0 bridgehead atoms. The van der Waals surface area contributed by atoms with Crippen molar-refractivity contribution in [1.82, 2.24) is 4.98 Å². The standard InChI is InChI=1S/C17H15FN2O2/c1-10-14-9-13(22-2)7-8-15(14)20-16(10)17(21)19-12-5-3-11(18)4-6-12/h3-9,20H,1-2H3,(H,19,21). The molecule has 0 atom stereocenters. The Morgan fingerprint density at radius 2 is 1.91 bits per heavy atom. The molecule has 0 unspecified atom stereocenters. The van der Waals surface area contributed by atoms with Crippen LogP contribution in [0.25, 0.3) is 10.9 Å². The number of nitrogens with one attached hydrogen (secondary N) is 2. The van der Waals surface area contributed by atoms with Gasteiger partial charge in [-0.3, -0.25) is 4.79 Å². The molecule has 1 amide bonds. The molecule has 0 aliphatic heterocycles. The van der Waals surface area contributed by atoms with E-state index in [9.17, 15) is 9.18 Å². The van der Waals surface area contributed by atoms with Crippen molar-refractivity contribution in [1.29, 1.82) is 0 Å². The Kier molecular flexibility index (Phi) is 3.55. The average molecular weight is 298 g/mol. The van der Waals surface area contributed by atoms with Crippen LogP contribution in [0.4, 0.5) is 10.1 Å². The van der Waals surface area contributed by atoms with Gasteiger partial charge in [0.25, 0.3) is 5.91 Å². The summed E-state index contributed by atoms with van der Waals surface area (Å²) < 4.78 is 18.1.